The number of amides is 1. The van der Waals surface area contributed by atoms with E-state index in [1.165, 1.54) is 13.2 Å². The lowest BCUT2D eigenvalue weighted by atomic mass is 10.1. The predicted octanol–water partition coefficient (Wildman–Crippen LogP) is 4.20. The Balaban J connectivity index is 1.69. The molecule has 0 bridgehead atoms. The number of pyridine rings is 1. The third kappa shape index (κ3) is 4.74. The Morgan fingerprint density at radius 3 is 2.84 bits per heavy atom. The van der Waals surface area contributed by atoms with E-state index in [2.05, 4.69) is 26.1 Å². The fourth-order valence-corrected chi connectivity index (χ4v) is 4.16. The highest BCUT2D eigenvalue weighted by Crippen LogP contribution is 2.34. The first kappa shape index (κ1) is 21.8. The molecule has 0 saturated heterocycles. The summed E-state index contributed by atoms with van der Waals surface area (Å²) in [5.74, 6) is -0.502. The van der Waals surface area contributed by atoms with Crippen molar-refractivity contribution in [2.24, 2.45) is 5.16 Å². The molecule has 168 valence electrons. The normalized spacial score (nSPS) is 15.8. The maximum Gasteiger partial charge on any atom is 0.407 e. The summed E-state index contributed by atoms with van der Waals surface area (Å²) in [6.45, 7) is 5.96. The van der Waals surface area contributed by atoms with Gasteiger partial charge in [0.25, 0.3) is 0 Å². The van der Waals surface area contributed by atoms with Gasteiger partial charge < -0.3 is 19.5 Å². The summed E-state index contributed by atoms with van der Waals surface area (Å²) in [7, 11) is 1.50. The highest BCUT2D eigenvalue weighted by molar-refractivity contribution is 5.92. The molecule has 0 saturated carbocycles. The number of rotatable bonds is 5. The number of nitrogens with one attached hydrogen (secondary N) is 1. The van der Waals surface area contributed by atoms with Gasteiger partial charge in [-0.1, -0.05) is 17.3 Å². The van der Waals surface area contributed by atoms with Gasteiger partial charge in [0, 0.05) is 29.1 Å². The average molecular weight is 439 g/mol. The molecule has 2 heterocycles. The first-order valence-corrected chi connectivity index (χ1v) is 10.5. The fourth-order valence-electron chi connectivity index (χ4n) is 4.16. The van der Waals surface area contributed by atoms with Gasteiger partial charge >= 0.3 is 6.09 Å². The molecule has 0 radical (unpaired) electrons. The summed E-state index contributed by atoms with van der Waals surface area (Å²) in [4.78, 5) is 21.2. The van der Waals surface area contributed by atoms with E-state index in [4.69, 9.17) is 9.57 Å². The molecule has 2 aromatic heterocycles. The van der Waals surface area contributed by atoms with Gasteiger partial charge in [0.1, 0.15) is 12.7 Å². The summed E-state index contributed by atoms with van der Waals surface area (Å²) in [6, 6.07) is 10.8. The van der Waals surface area contributed by atoms with Crippen molar-refractivity contribution in [2.75, 3.05) is 7.11 Å². The van der Waals surface area contributed by atoms with E-state index < -0.39 is 17.6 Å². The van der Waals surface area contributed by atoms with Crippen LogP contribution in [-0.2, 0) is 29.0 Å². The number of oxime groups is 1. The summed E-state index contributed by atoms with van der Waals surface area (Å²) >= 11 is 0. The van der Waals surface area contributed by atoms with Crippen LogP contribution in [0.1, 0.15) is 43.3 Å². The number of fused-ring (bicyclic) bond motifs is 3. The molecule has 0 spiro atoms. The number of hydrogen-bond acceptors (Lipinski definition) is 5. The number of nitrogens with zero attached hydrogens (tertiary/aromatic N) is 3. The van der Waals surface area contributed by atoms with Crippen molar-refractivity contribution >= 4 is 23.2 Å². The maximum atomic E-state index is 13.7. The van der Waals surface area contributed by atoms with Crippen LogP contribution >= 0.6 is 0 Å². The van der Waals surface area contributed by atoms with Gasteiger partial charge in [0.05, 0.1) is 18.5 Å². The molecule has 1 amide bonds. The van der Waals surface area contributed by atoms with Crippen LogP contribution in [0.2, 0.25) is 0 Å². The quantitative estimate of drug-likeness (QED) is 0.368. The van der Waals surface area contributed by atoms with Crippen LogP contribution in [0.4, 0.5) is 9.18 Å². The third-order valence-corrected chi connectivity index (χ3v) is 5.32. The number of aromatic nitrogens is 2. The van der Waals surface area contributed by atoms with E-state index in [0.29, 0.717) is 25.1 Å². The second-order valence-corrected chi connectivity index (χ2v) is 8.91. The summed E-state index contributed by atoms with van der Waals surface area (Å²) in [6.07, 6.45) is 2.56. The van der Waals surface area contributed by atoms with E-state index >= 15 is 0 Å². The predicted molar refractivity (Wildman–Crippen MR) is 120 cm³/mol. The lowest BCUT2D eigenvalue weighted by molar-refractivity contribution is 0.0506. The molecule has 7 nitrogen and oxygen atoms in total. The molecule has 4 rings (SSSR count). The minimum atomic E-state index is -0.559. The van der Waals surface area contributed by atoms with Gasteiger partial charge in [0.2, 0.25) is 5.95 Å². The largest absolute Gasteiger partial charge is 0.444 e. The van der Waals surface area contributed by atoms with Gasteiger partial charge in [-0.15, -0.1) is 0 Å². The number of ether oxygens (including phenoxy) is 1. The van der Waals surface area contributed by atoms with Crippen LogP contribution in [0.25, 0.3) is 10.9 Å². The van der Waals surface area contributed by atoms with Gasteiger partial charge in [-0.25, -0.2) is 9.78 Å². The molecule has 1 unspecified atom stereocenters. The number of benzene rings is 1. The number of alkyl carbamates (subject to hydrolysis) is 1. The van der Waals surface area contributed by atoms with Gasteiger partial charge in [-0.2, -0.15) is 4.39 Å². The van der Waals surface area contributed by atoms with Gasteiger partial charge in [0.15, 0.2) is 0 Å². The summed E-state index contributed by atoms with van der Waals surface area (Å²) < 4.78 is 21.3. The molecule has 8 heteroatoms. The van der Waals surface area contributed by atoms with Crippen LogP contribution < -0.4 is 5.32 Å². The molecular formula is C24H27FN4O3. The zero-order valence-corrected chi connectivity index (χ0v) is 18.7. The number of carbonyl (C=O) groups is 1. The second kappa shape index (κ2) is 8.61. The van der Waals surface area contributed by atoms with Crippen molar-refractivity contribution in [3.05, 3.63) is 64.9 Å². The maximum absolute atomic E-state index is 13.7. The number of hydrogen-bond donors (Lipinski definition) is 1. The van der Waals surface area contributed by atoms with Crippen LogP contribution in [0.3, 0.4) is 0 Å². The Labute approximate surface area is 186 Å². The van der Waals surface area contributed by atoms with Crippen LogP contribution in [0.15, 0.2) is 41.6 Å². The van der Waals surface area contributed by atoms with Crippen molar-refractivity contribution < 1.29 is 18.8 Å². The summed E-state index contributed by atoms with van der Waals surface area (Å²) in [5, 5.41) is 7.92. The first-order chi connectivity index (χ1) is 15.2. The summed E-state index contributed by atoms with van der Waals surface area (Å²) in [5.41, 5.74) is 4.28. The van der Waals surface area contributed by atoms with Crippen LogP contribution in [-0.4, -0.2) is 40.6 Å². The Morgan fingerprint density at radius 1 is 1.31 bits per heavy atom. The minimum absolute atomic E-state index is 0.0812. The SMILES string of the molecule is CON=Cc1ccc2c(c1)c1c(n2Cc2cccc(F)n2)CC(NC(=O)OC(C)(C)C)C1. The van der Waals surface area contributed by atoms with Crippen molar-refractivity contribution in [3.63, 3.8) is 0 Å². The van der Waals surface area contributed by atoms with Crippen molar-refractivity contribution in [1.29, 1.82) is 0 Å². The number of carbonyl (C=O) groups excluding carboxylic acids is 1. The Morgan fingerprint density at radius 2 is 2.12 bits per heavy atom. The smallest absolute Gasteiger partial charge is 0.407 e. The highest BCUT2D eigenvalue weighted by Gasteiger charge is 2.31. The molecule has 1 aliphatic carbocycles. The number of halogens is 1. The lowest BCUT2D eigenvalue weighted by Gasteiger charge is -2.22. The molecule has 32 heavy (non-hydrogen) atoms. The molecule has 1 N–H and O–H groups in total. The van der Waals surface area contributed by atoms with Crippen molar-refractivity contribution in [3.8, 4) is 0 Å². The zero-order valence-electron chi connectivity index (χ0n) is 18.7. The Hall–Kier alpha value is -3.42. The van der Waals surface area contributed by atoms with E-state index in [9.17, 15) is 9.18 Å². The van der Waals surface area contributed by atoms with E-state index in [-0.39, 0.29) is 6.04 Å². The molecule has 1 atom stereocenters. The lowest BCUT2D eigenvalue weighted by Crippen LogP contribution is -2.39. The third-order valence-electron chi connectivity index (χ3n) is 5.32. The monoisotopic (exact) mass is 438 g/mol. The van der Waals surface area contributed by atoms with Crippen molar-refractivity contribution in [1.82, 2.24) is 14.9 Å². The van der Waals surface area contributed by atoms with E-state index in [0.717, 1.165) is 27.7 Å². The topological polar surface area (TPSA) is 77.7 Å². The second-order valence-electron chi connectivity index (χ2n) is 8.91. The van der Waals surface area contributed by atoms with Crippen molar-refractivity contribution in [2.45, 2.75) is 51.8 Å². The fraction of sp³-hybridized carbons (Fsp3) is 0.375. The Kier molecular flexibility index (Phi) is 5.86. The van der Waals surface area contributed by atoms with Crippen LogP contribution in [0.5, 0.6) is 0 Å². The van der Waals surface area contributed by atoms with Gasteiger partial charge in [-0.3, -0.25) is 0 Å². The standard InChI is InChI=1S/C24H27FN4O3/c1-24(2,3)32-23(30)28-17-11-19-18-10-15(13-26-31-4)8-9-20(18)29(21(19)12-17)14-16-6-5-7-22(25)27-16/h5-10,13,17H,11-12,14H2,1-4H3,(H,28,30). The van der Waals surface area contributed by atoms with E-state index in [1.54, 1.807) is 12.3 Å². The minimum Gasteiger partial charge on any atom is -0.444 e. The average Bonchev–Trinajstić information content (AvgIpc) is 3.23. The zero-order chi connectivity index (χ0) is 22.9. The van der Waals surface area contributed by atoms with E-state index in [1.807, 2.05) is 39.0 Å². The molecule has 0 fully saturated rings. The van der Waals surface area contributed by atoms with Crippen LogP contribution in [0, 0.1) is 5.95 Å². The Bertz CT molecular complexity index is 1180. The van der Waals surface area contributed by atoms with Gasteiger partial charge in [-0.05, 0) is 62.6 Å². The molecule has 1 aromatic carbocycles. The first-order valence-electron chi connectivity index (χ1n) is 10.5. The molecule has 1 aliphatic rings. The molecule has 0 aliphatic heterocycles. The molecular weight excluding hydrogens is 411 g/mol. The molecule has 3 aromatic rings. The highest BCUT2D eigenvalue weighted by atomic mass is 19.1.